The predicted molar refractivity (Wildman–Crippen MR) is 138 cm³/mol. The van der Waals surface area contributed by atoms with Crippen LogP contribution in [-0.4, -0.2) is 36.7 Å². The van der Waals surface area contributed by atoms with Crippen LogP contribution >= 0.6 is 34.3 Å². The summed E-state index contributed by atoms with van der Waals surface area (Å²) in [4.78, 5) is 20.2. The molecule has 0 N–H and O–H groups in total. The first-order valence-corrected chi connectivity index (χ1v) is 14.4. The molecule has 34 heavy (non-hydrogen) atoms. The number of rotatable bonds is 6. The number of nitrogens with zero attached hydrogens (tertiary/aromatic N) is 3. The van der Waals surface area contributed by atoms with Crippen molar-refractivity contribution >= 4 is 65.6 Å². The summed E-state index contributed by atoms with van der Waals surface area (Å²) in [6.07, 6.45) is 0.955. The molecule has 2 aromatic heterocycles. The summed E-state index contributed by atoms with van der Waals surface area (Å²) in [5, 5.41) is 3.01. The van der Waals surface area contributed by atoms with Gasteiger partial charge in [0.2, 0.25) is 5.91 Å². The molecule has 1 amide bonds. The maximum absolute atomic E-state index is 13.7. The number of hydrogen-bond donors (Lipinski definition) is 0. The summed E-state index contributed by atoms with van der Waals surface area (Å²) in [5.41, 5.74) is 1.80. The molecule has 2 aromatic carbocycles. The Bertz CT molecular complexity index is 1400. The number of fused-ring (bicyclic) bond motifs is 1. The van der Waals surface area contributed by atoms with Crippen LogP contribution in [-0.2, 0) is 21.4 Å². The van der Waals surface area contributed by atoms with Gasteiger partial charge in [-0.3, -0.25) is 9.69 Å². The van der Waals surface area contributed by atoms with Crippen LogP contribution in [0.5, 0.6) is 0 Å². The first kappa shape index (κ1) is 23.4. The summed E-state index contributed by atoms with van der Waals surface area (Å²) >= 11 is 8.81. The molecule has 1 fully saturated rings. The van der Waals surface area contributed by atoms with Crippen molar-refractivity contribution in [3.8, 4) is 0 Å². The summed E-state index contributed by atoms with van der Waals surface area (Å²) in [5.74, 6) is -0.295. The molecular weight excluding hydrogens is 510 g/mol. The Kier molecular flexibility index (Phi) is 6.72. The number of piperidine rings is 1. The molecule has 4 aromatic rings. The van der Waals surface area contributed by atoms with Gasteiger partial charge in [0, 0.05) is 24.0 Å². The molecule has 0 bridgehead atoms. The SMILES string of the molecule is O=C(C1CCN(S(=O)(=O)c2cccs2)CC1)N(Cc1ccccc1)c1nc2ccc(Cl)cc2s1. The number of thiazole rings is 1. The van der Waals surface area contributed by atoms with E-state index in [2.05, 4.69) is 0 Å². The molecular formula is C24H22ClN3O3S3. The smallest absolute Gasteiger partial charge is 0.252 e. The number of carbonyl (C=O) groups is 1. The van der Waals surface area contributed by atoms with Crippen molar-refractivity contribution in [1.82, 2.24) is 9.29 Å². The molecule has 0 spiro atoms. The Morgan fingerprint density at radius 2 is 1.85 bits per heavy atom. The van der Waals surface area contributed by atoms with E-state index < -0.39 is 10.0 Å². The average Bonchev–Trinajstić information content (AvgIpc) is 3.53. The fraction of sp³-hybridized carbons (Fsp3) is 0.250. The average molecular weight is 532 g/mol. The Labute approximate surface area is 211 Å². The minimum absolute atomic E-state index is 0.0258. The van der Waals surface area contributed by atoms with E-state index in [1.165, 1.54) is 27.0 Å². The molecule has 5 rings (SSSR count). The van der Waals surface area contributed by atoms with Gasteiger partial charge in [-0.05, 0) is 48.1 Å². The van der Waals surface area contributed by atoms with Gasteiger partial charge in [0.05, 0.1) is 16.8 Å². The number of sulfonamides is 1. The Morgan fingerprint density at radius 3 is 2.56 bits per heavy atom. The topological polar surface area (TPSA) is 70.6 Å². The van der Waals surface area contributed by atoms with Crippen LogP contribution in [0, 0.1) is 5.92 Å². The van der Waals surface area contributed by atoms with E-state index in [1.54, 1.807) is 28.5 Å². The highest BCUT2D eigenvalue weighted by molar-refractivity contribution is 7.91. The van der Waals surface area contributed by atoms with Gasteiger partial charge in [-0.25, -0.2) is 13.4 Å². The lowest BCUT2D eigenvalue weighted by Gasteiger charge is -2.32. The number of benzene rings is 2. The third-order valence-corrected chi connectivity index (χ3v) is 10.5. The standard InChI is InChI=1S/C24H22ClN3O3S3/c25-19-8-9-20-21(15-19)33-24(26-20)28(16-17-5-2-1-3-6-17)23(29)18-10-12-27(13-11-18)34(30,31)22-7-4-14-32-22/h1-9,14-15,18H,10-13,16H2. The number of hydrogen-bond acceptors (Lipinski definition) is 6. The van der Waals surface area contributed by atoms with E-state index in [0.717, 1.165) is 15.8 Å². The third kappa shape index (κ3) is 4.76. The molecule has 0 unspecified atom stereocenters. The molecule has 6 nitrogen and oxygen atoms in total. The number of halogens is 1. The monoisotopic (exact) mass is 531 g/mol. The van der Waals surface area contributed by atoms with Crippen molar-refractivity contribution in [2.45, 2.75) is 23.6 Å². The predicted octanol–water partition coefficient (Wildman–Crippen LogP) is 5.65. The highest BCUT2D eigenvalue weighted by atomic mass is 35.5. The largest absolute Gasteiger partial charge is 0.283 e. The van der Waals surface area contributed by atoms with E-state index >= 15 is 0 Å². The number of anilines is 1. The second-order valence-corrected chi connectivity index (χ2v) is 12.7. The quantitative estimate of drug-likeness (QED) is 0.322. The van der Waals surface area contributed by atoms with Gasteiger partial charge >= 0.3 is 0 Å². The van der Waals surface area contributed by atoms with Crippen LogP contribution in [0.15, 0.2) is 70.3 Å². The number of aromatic nitrogens is 1. The zero-order chi connectivity index (χ0) is 23.7. The summed E-state index contributed by atoms with van der Waals surface area (Å²) in [6, 6.07) is 18.7. The maximum atomic E-state index is 13.7. The van der Waals surface area contributed by atoms with Crippen molar-refractivity contribution in [3.05, 3.63) is 76.6 Å². The molecule has 10 heteroatoms. The lowest BCUT2D eigenvalue weighted by atomic mass is 9.96. The molecule has 0 radical (unpaired) electrons. The van der Waals surface area contributed by atoms with Gasteiger partial charge in [0.25, 0.3) is 10.0 Å². The van der Waals surface area contributed by atoms with Crippen LogP contribution < -0.4 is 4.90 Å². The zero-order valence-electron chi connectivity index (χ0n) is 18.1. The summed E-state index contributed by atoms with van der Waals surface area (Å²) < 4.78 is 28.5. The molecule has 0 saturated carbocycles. The van der Waals surface area contributed by atoms with Crippen molar-refractivity contribution in [2.75, 3.05) is 18.0 Å². The normalized spacial score (nSPS) is 15.6. The van der Waals surface area contributed by atoms with Crippen LogP contribution in [0.25, 0.3) is 10.2 Å². The Morgan fingerprint density at radius 1 is 1.09 bits per heavy atom. The first-order valence-electron chi connectivity index (χ1n) is 10.9. The van der Waals surface area contributed by atoms with Crippen LogP contribution in [0.4, 0.5) is 5.13 Å². The molecule has 0 atom stereocenters. The Balaban J connectivity index is 1.38. The molecule has 0 aliphatic carbocycles. The van der Waals surface area contributed by atoms with E-state index in [4.69, 9.17) is 16.6 Å². The second kappa shape index (κ2) is 9.75. The lowest BCUT2D eigenvalue weighted by Crippen LogP contribution is -2.44. The lowest BCUT2D eigenvalue weighted by molar-refractivity contribution is -0.123. The van der Waals surface area contributed by atoms with Crippen LogP contribution in [0.2, 0.25) is 5.02 Å². The Hall–Kier alpha value is -2.30. The van der Waals surface area contributed by atoms with Gasteiger partial charge in [-0.15, -0.1) is 11.3 Å². The van der Waals surface area contributed by atoms with Crippen molar-refractivity contribution < 1.29 is 13.2 Å². The van der Waals surface area contributed by atoms with E-state index in [0.29, 0.717) is 46.8 Å². The second-order valence-electron chi connectivity index (χ2n) is 8.13. The summed E-state index contributed by atoms with van der Waals surface area (Å²) in [7, 11) is -3.51. The molecule has 3 heterocycles. The molecule has 1 aliphatic heterocycles. The maximum Gasteiger partial charge on any atom is 0.252 e. The van der Waals surface area contributed by atoms with E-state index in [1.807, 2.05) is 42.5 Å². The van der Waals surface area contributed by atoms with Crippen molar-refractivity contribution in [2.24, 2.45) is 5.92 Å². The first-order chi connectivity index (χ1) is 16.4. The minimum atomic E-state index is -3.51. The summed E-state index contributed by atoms with van der Waals surface area (Å²) in [6.45, 7) is 1.05. The third-order valence-electron chi connectivity index (χ3n) is 5.91. The van der Waals surface area contributed by atoms with Gasteiger partial charge < -0.3 is 0 Å². The minimum Gasteiger partial charge on any atom is -0.283 e. The van der Waals surface area contributed by atoms with Crippen LogP contribution in [0.1, 0.15) is 18.4 Å². The molecule has 176 valence electrons. The molecule has 1 saturated heterocycles. The highest BCUT2D eigenvalue weighted by Gasteiger charge is 2.35. The van der Waals surface area contributed by atoms with Crippen molar-refractivity contribution in [1.29, 1.82) is 0 Å². The van der Waals surface area contributed by atoms with E-state index in [9.17, 15) is 13.2 Å². The molecule has 1 aliphatic rings. The van der Waals surface area contributed by atoms with Gasteiger partial charge in [0.15, 0.2) is 5.13 Å². The van der Waals surface area contributed by atoms with Gasteiger partial charge in [0.1, 0.15) is 4.21 Å². The van der Waals surface area contributed by atoms with Crippen molar-refractivity contribution in [3.63, 3.8) is 0 Å². The van der Waals surface area contributed by atoms with Gasteiger partial charge in [-0.1, -0.05) is 59.3 Å². The van der Waals surface area contributed by atoms with Crippen LogP contribution in [0.3, 0.4) is 0 Å². The fourth-order valence-corrected chi connectivity index (χ4v) is 7.97. The zero-order valence-corrected chi connectivity index (χ0v) is 21.3. The van der Waals surface area contributed by atoms with E-state index in [-0.39, 0.29) is 11.8 Å². The number of carbonyl (C=O) groups excluding carboxylic acids is 1. The number of amides is 1. The number of thiophene rings is 1. The highest BCUT2D eigenvalue weighted by Crippen LogP contribution is 2.34. The fourth-order valence-electron chi connectivity index (χ4n) is 4.11. The van der Waals surface area contributed by atoms with Gasteiger partial charge in [-0.2, -0.15) is 4.31 Å².